The highest BCUT2D eigenvalue weighted by atomic mass is 32.2. The Morgan fingerprint density at radius 1 is 1.20 bits per heavy atom. The van der Waals surface area contributed by atoms with Gasteiger partial charge in [-0.15, -0.1) is 10.2 Å². The van der Waals surface area contributed by atoms with Crippen LogP contribution in [0.15, 0.2) is 29.4 Å². The van der Waals surface area contributed by atoms with E-state index < -0.39 is 9.84 Å². The van der Waals surface area contributed by atoms with E-state index in [9.17, 15) is 17.6 Å². The number of halogens is 1. The fraction of sp³-hybridized carbons (Fsp3) is 0.526. The number of para-hydroxylation sites is 1. The van der Waals surface area contributed by atoms with E-state index in [1.165, 1.54) is 17.8 Å². The van der Waals surface area contributed by atoms with Crippen molar-refractivity contribution < 1.29 is 17.6 Å². The molecule has 0 radical (unpaired) electrons. The van der Waals surface area contributed by atoms with Gasteiger partial charge in [0.2, 0.25) is 5.91 Å². The summed E-state index contributed by atoms with van der Waals surface area (Å²) in [6, 6.07) is 6.67. The normalized spacial score (nSPS) is 21.2. The molecule has 1 atom stereocenters. The summed E-state index contributed by atoms with van der Waals surface area (Å²) in [5, 5.41) is 8.92. The minimum atomic E-state index is -2.99. The number of carbonyl (C=O) groups excluding carboxylic acids is 1. The molecule has 162 valence electrons. The Balaban J connectivity index is 1.30. The van der Waals surface area contributed by atoms with Crippen LogP contribution < -0.4 is 4.90 Å². The van der Waals surface area contributed by atoms with Gasteiger partial charge in [-0.2, -0.15) is 0 Å². The number of piperazine rings is 1. The number of sulfone groups is 1. The number of thioether (sulfide) groups is 1. The quantitative estimate of drug-likeness (QED) is 0.631. The van der Waals surface area contributed by atoms with Gasteiger partial charge in [0.05, 0.1) is 22.9 Å². The molecule has 0 saturated carbocycles. The molecule has 2 fully saturated rings. The van der Waals surface area contributed by atoms with Gasteiger partial charge in [0.1, 0.15) is 11.6 Å². The number of carbonyl (C=O) groups is 1. The number of amides is 1. The van der Waals surface area contributed by atoms with Gasteiger partial charge in [-0.05, 0) is 18.6 Å². The van der Waals surface area contributed by atoms with Crippen molar-refractivity contribution in [3.05, 3.63) is 35.9 Å². The van der Waals surface area contributed by atoms with Crippen LogP contribution in [-0.4, -0.2) is 77.4 Å². The van der Waals surface area contributed by atoms with Gasteiger partial charge in [0, 0.05) is 39.1 Å². The maximum Gasteiger partial charge on any atom is 0.233 e. The van der Waals surface area contributed by atoms with Gasteiger partial charge in [-0.1, -0.05) is 23.9 Å². The van der Waals surface area contributed by atoms with Crippen molar-refractivity contribution in [2.75, 3.05) is 48.3 Å². The van der Waals surface area contributed by atoms with Crippen LogP contribution in [0.5, 0.6) is 0 Å². The second-order valence-electron chi connectivity index (χ2n) is 7.61. The summed E-state index contributed by atoms with van der Waals surface area (Å²) in [5.74, 6) is 0.795. The van der Waals surface area contributed by atoms with Crippen molar-refractivity contribution >= 4 is 33.2 Å². The Morgan fingerprint density at radius 3 is 2.60 bits per heavy atom. The lowest BCUT2D eigenvalue weighted by Gasteiger charge is -2.36. The van der Waals surface area contributed by atoms with E-state index in [0.29, 0.717) is 49.3 Å². The predicted molar refractivity (Wildman–Crippen MR) is 113 cm³/mol. The molecule has 8 nitrogen and oxygen atoms in total. The summed E-state index contributed by atoms with van der Waals surface area (Å²) in [6.45, 7) is 2.25. The number of anilines is 1. The fourth-order valence-corrected chi connectivity index (χ4v) is 6.49. The number of nitrogens with zero attached hydrogens (tertiary/aromatic N) is 5. The maximum atomic E-state index is 14.0. The molecule has 0 spiro atoms. The Labute approximate surface area is 179 Å². The van der Waals surface area contributed by atoms with Crippen LogP contribution in [0.1, 0.15) is 18.2 Å². The first-order valence-electron chi connectivity index (χ1n) is 9.84. The van der Waals surface area contributed by atoms with E-state index >= 15 is 0 Å². The average Bonchev–Trinajstić information content (AvgIpc) is 3.28. The van der Waals surface area contributed by atoms with Crippen LogP contribution in [-0.2, 0) is 21.7 Å². The summed E-state index contributed by atoms with van der Waals surface area (Å²) in [5.41, 5.74) is 0.569. The summed E-state index contributed by atoms with van der Waals surface area (Å²) < 4.78 is 39.2. The maximum absolute atomic E-state index is 14.0. The molecule has 2 aromatic rings. The van der Waals surface area contributed by atoms with Crippen LogP contribution in [0.2, 0.25) is 0 Å². The minimum Gasteiger partial charge on any atom is -0.366 e. The zero-order chi connectivity index (χ0) is 21.3. The molecule has 1 unspecified atom stereocenters. The zero-order valence-corrected chi connectivity index (χ0v) is 18.3. The Bertz CT molecular complexity index is 1030. The van der Waals surface area contributed by atoms with Crippen LogP contribution in [0.25, 0.3) is 0 Å². The van der Waals surface area contributed by atoms with Crippen molar-refractivity contribution in [1.29, 1.82) is 0 Å². The van der Waals surface area contributed by atoms with Crippen molar-refractivity contribution in [3.8, 4) is 0 Å². The Hall–Kier alpha value is -2.14. The van der Waals surface area contributed by atoms with Crippen molar-refractivity contribution in [2.24, 2.45) is 7.05 Å². The third-order valence-electron chi connectivity index (χ3n) is 5.62. The smallest absolute Gasteiger partial charge is 0.233 e. The molecule has 4 rings (SSSR count). The van der Waals surface area contributed by atoms with E-state index in [-0.39, 0.29) is 34.9 Å². The van der Waals surface area contributed by atoms with E-state index in [0.717, 1.165) is 0 Å². The predicted octanol–water partition coefficient (Wildman–Crippen LogP) is 1.30. The summed E-state index contributed by atoms with van der Waals surface area (Å²) >= 11 is 1.30. The van der Waals surface area contributed by atoms with E-state index in [1.807, 2.05) is 11.0 Å². The van der Waals surface area contributed by atoms with Gasteiger partial charge in [-0.3, -0.25) is 4.79 Å². The second kappa shape index (κ2) is 8.54. The highest BCUT2D eigenvalue weighted by Crippen LogP contribution is 2.29. The molecule has 2 saturated heterocycles. The molecule has 0 aliphatic carbocycles. The van der Waals surface area contributed by atoms with Crippen molar-refractivity contribution in [2.45, 2.75) is 17.5 Å². The third kappa shape index (κ3) is 4.46. The molecule has 1 aromatic heterocycles. The van der Waals surface area contributed by atoms with Crippen molar-refractivity contribution in [3.63, 3.8) is 0 Å². The molecule has 11 heteroatoms. The second-order valence-corrected chi connectivity index (χ2v) is 10.8. The highest BCUT2D eigenvalue weighted by molar-refractivity contribution is 7.99. The lowest BCUT2D eigenvalue weighted by Crippen LogP contribution is -2.49. The molecule has 2 aliphatic rings. The van der Waals surface area contributed by atoms with Gasteiger partial charge in [-0.25, -0.2) is 12.8 Å². The Kier molecular flexibility index (Phi) is 6.01. The molecule has 30 heavy (non-hydrogen) atoms. The molecule has 1 aromatic carbocycles. The number of aromatic nitrogens is 3. The van der Waals surface area contributed by atoms with Crippen LogP contribution in [0, 0.1) is 5.82 Å². The first-order chi connectivity index (χ1) is 14.3. The monoisotopic (exact) mass is 453 g/mol. The molecule has 0 N–H and O–H groups in total. The number of rotatable bonds is 5. The summed E-state index contributed by atoms with van der Waals surface area (Å²) in [7, 11) is -1.19. The molecule has 1 amide bonds. The largest absolute Gasteiger partial charge is 0.366 e. The first kappa shape index (κ1) is 21.1. The highest BCUT2D eigenvalue weighted by Gasteiger charge is 2.32. The molecular formula is C19H24FN5O3S2. The van der Waals surface area contributed by atoms with Crippen LogP contribution in [0.4, 0.5) is 10.1 Å². The molecule has 3 heterocycles. The van der Waals surface area contributed by atoms with Gasteiger partial charge in [0.15, 0.2) is 15.0 Å². The van der Waals surface area contributed by atoms with Gasteiger partial charge in [0.25, 0.3) is 0 Å². The molecular weight excluding hydrogens is 429 g/mol. The standard InChI is InChI=1S/C19H24FN5O3S2/c1-23-18(14-6-11-30(27,28)13-14)21-22-19(23)29-12-17(26)25-9-7-24(8-10-25)16-5-3-2-4-15(16)20/h2-5,14H,6-13H2,1H3. The lowest BCUT2D eigenvalue weighted by molar-refractivity contribution is -0.128. The topological polar surface area (TPSA) is 88.4 Å². The minimum absolute atomic E-state index is 0.00109. The van der Waals surface area contributed by atoms with Gasteiger partial charge >= 0.3 is 0 Å². The first-order valence-corrected chi connectivity index (χ1v) is 12.6. The van der Waals surface area contributed by atoms with E-state index in [1.54, 1.807) is 28.6 Å². The number of benzene rings is 1. The fourth-order valence-electron chi connectivity index (χ4n) is 3.93. The SMILES string of the molecule is Cn1c(SCC(=O)N2CCN(c3ccccc3F)CC2)nnc1C1CCS(=O)(=O)C1. The van der Waals surface area contributed by atoms with E-state index in [2.05, 4.69) is 10.2 Å². The van der Waals surface area contributed by atoms with E-state index in [4.69, 9.17) is 0 Å². The number of hydrogen-bond donors (Lipinski definition) is 0. The Morgan fingerprint density at radius 2 is 1.93 bits per heavy atom. The average molecular weight is 454 g/mol. The molecule has 0 bridgehead atoms. The third-order valence-corrected chi connectivity index (χ3v) is 8.39. The van der Waals surface area contributed by atoms with Crippen LogP contribution in [0.3, 0.4) is 0 Å². The molecule has 2 aliphatic heterocycles. The summed E-state index contributed by atoms with van der Waals surface area (Å²) in [6.07, 6.45) is 0.560. The van der Waals surface area contributed by atoms with Crippen LogP contribution >= 0.6 is 11.8 Å². The lowest BCUT2D eigenvalue weighted by atomic mass is 10.1. The van der Waals surface area contributed by atoms with Crippen molar-refractivity contribution in [1.82, 2.24) is 19.7 Å². The number of hydrogen-bond acceptors (Lipinski definition) is 7. The zero-order valence-electron chi connectivity index (χ0n) is 16.7. The summed E-state index contributed by atoms with van der Waals surface area (Å²) in [4.78, 5) is 16.4. The van der Waals surface area contributed by atoms with Gasteiger partial charge < -0.3 is 14.4 Å².